The smallest absolute Gasteiger partial charge is 0.503 e. The Bertz CT molecular complexity index is 467. The minimum atomic E-state index is -5.46. The van der Waals surface area contributed by atoms with Crippen molar-refractivity contribution in [3.05, 3.63) is 17.5 Å². The van der Waals surface area contributed by atoms with Crippen molar-refractivity contribution in [2.45, 2.75) is 19.0 Å². The summed E-state index contributed by atoms with van der Waals surface area (Å²) in [7, 11) is 0. The summed E-state index contributed by atoms with van der Waals surface area (Å²) in [5.74, 6) is -3.61. The number of aromatic nitrogens is 1. The van der Waals surface area contributed by atoms with Crippen molar-refractivity contribution >= 4 is 0 Å². The van der Waals surface area contributed by atoms with Crippen LogP contribution < -0.4 is 4.74 Å². The van der Waals surface area contributed by atoms with E-state index in [9.17, 15) is 35.1 Å². The summed E-state index contributed by atoms with van der Waals surface area (Å²) >= 11 is 0. The van der Waals surface area contributed by atoms with E-state index in [0.717, 1.165) is 0 Å². The molecule has 0 bridgehead atoms. The first-order chi connectivity index (χ1) is 8.42. The molecule has 19 heavy (non-hydrogen) atoms. The highest BCUT2D eigenvalue weighted by atomic mass is 19.4. The average molecular weight is 297 g/mol. The maximum Gasteiger partial charge on any atom is 0.573 e. The van der Waals surface area contributed by atoms with Crippen LogP contribution >= 0.6 is 0 Å². The lowest BCUT2D eigenvalue weighted by Crippen LogP contribution is -2.19. The molecule has 0 aliphatic carbocycles. The maximum absolute atomic E-state index is 12.3. The number of ether oxygens (including phenoxy) is 1. The van der Waals surface area contributed by atoms with E-state index >= 15 is 0 Å². The summed E-state index contributed by atoms with van der Waals surface area (Å²) in [6, 6.07) is -0.325. The average Bonchev–Trinajstić information content (AvgIpc) is 2.16. The molecule has 0 radical (unpaired) electrons. The minimum absolute atomic E-state index is 0.325. The van der Waals surface area contributed by atoms with Crippen LogP contribution in [0.5, 0.6) is 11.5 Å². The van der Waals surface area contributed by atoms with E-state index in [4.69, 9.17) is 5.11 Å². The molecule has 1 aromatic rings. The van der Waals surface area contributed by atoms with Gasteiger partial charge in [0.2, 0.25) is 0 Å². The molecule has 1 rings (SSSR count). The molecule has 0 saturated heterocycles. The van der Waals surface area contributed by atoms with Crippen LogP contribution in [0.15, 0.2) is 6.07 Å². The highest BCUT2D eigenvalue weighted by molar-refractivity contribution is 5.44. The topological polar surface area (TPSA) is 42.4 Å². The number of aromatic hydroxyl groups is 1. The van der Waals surface area contributed by atoms with Gasteiger partial charge in [0.25, 0.3) is 6.43 Å². The summed E-state index contributed by atoms with van der Waals surface area (Å²) in [6.07, 6.45) is -14.4. The number of nitrogens with zero attached hydrogens (tertiary/aromatic N) is 1. The van der Waals surface area contributed by atoms with Crippen molar-refractivity contribution in [2.24, 2.45) is 0 Å². The number of hydrogen-bond acceptors (Lipinski definition) is 3. The van der Waals surface area contributed by atoms with Gasteiger partial charge in [-0.05, 0) is 0 Å². The summed E-state index contributed by atoms with van der Waals surface area (Å²) < 4.78 is 99.9. The lowest BCUT2D eigenvalue weighted by Gasteiger charge is -2.15. The van der Waals surface area contributed by atoms with Gasteiger partial charge in [0.1, 0.15) is 5.69 Å². The zero-order chi connectivity index (χ0) is 15.0. The van der Waals surface area contributed by atoms with Crippen LogP contribution in [-0.4, -0.2) is 16.5 Å². The van der Waals surface area contributed by atoms with Gasteiger partial charge < -0.3 is 9.84 Å². The van der Waals surface area contributed by atoms with Crippen molar-refractivity contribution in [2.75, 3.05) is 0 Å². The molecule has 0 saturated carbocycles. The molecule has 1 aromatic heterocycles. The fourth-order valence-electron chi connectivity index (χ4n) is 1.03. The molecule has 0 atom stereocenters. The van der Waals surface area contributed by atoms with Gasteiger partial charge in [0.15, 0.2) is 17.2 Å². The molecule has 0 fully saturated rings. The van der Waals surface area contributed by atoms with Crippen molar-refractivity contribution in [1.29, 1.82) is 0 Å². The Morgan fingerprint density at radius 2 is 1.63 bits per heavy atom. The second-order valence-electron chi connectivity index (χ2n) is 3.09. The third-order valence-corrected chi connectivity index (χ3v) is 1.71. The molecule has 3 nitrogen and oxygen atoms in total. The summed E-state index contributed by atoms with van der Waals surface area (Å²) in [4.78, 5) is 2.36. The second-order valence-corrected chi connectivity index (χ2v) is 3.09. The molecule has 1 heterocycles. The molecule has 0 aliphatic heterocycles. The Balaban J connectivity index is 3.41. The highest BCUT2D eigenvalue weighted by Gasteiger charge is 2.39. The zero-order valence-electron chi connectivity index (χ0n) is 8.48. The van der Waals surface area contributed by atoms with Crippen LogP contribution in [-0.2, 0) is 6.18 Å². The molecule has 0 aromatic carbocycles. The van der Waals surface area contributed by atoms with Crippen LogP contribution in [0.2, 0.25) is 0 Å². The Morgan fingerprint density at radius 3 is 2.00 bits per heavy atom. The molecule has 0 unspecified atom stereocenters. The summed E-state index contributed by atoms with van der Waals surface area (Å²) in [5, 5.41) is 8.98. The van der Waals surface area contributed by atoms with Crippen LogP contribution in [0.3, 0.4) is 0 Å². The van der Waals surface area contributed by atoms with Gasteiger partial charge in [-0.15, -0.1) is 13.2 Å². The SMILES string of the molecule is Oc1c(OC(F)(F)F)cc(C(F)(F)F)nc1C(F)F. The van der Waals surface area contributed by atoms with Crippen molar-refractivity contribution in [1.82, 2.24) is 4.98 Å². The Morgan fingerprint density at radius 1 is 1.11 bits per heavy atom. The third kappa shape index (κ3) is 3.83. The second kappa shape index (κ2) is 4.70. The number of hydrogen-bond donors (Lipinski definition) is 1. The van der Waals surface area contributed by atoms with Crippen LogP contribution in [0, 0.1) is 0 Å². The van der Waals surface area contributed by atoms with Gasteiger partial charge in [-0.2, -0.15) is 13.2 Å². The predicted molar refractivity (Wildman–Crippen MR) is 42.5 cm³/mol. The van der Waals surface area contributed by atoms with E-state index in [-0.39, 0.29) is 6.07 Å². The molecule has 11 heteroatoms. The van der Waals surface area contributed by atoms with E-state index in [1.807, 2.05) is 0 Å². The maximum atomic E-state index is 12.3. The highest BCUT2D eigenvalue weighted by Crippen LogP contribution is 2.41. The fraction of sp³-hybridized carbons (Fsp3) is 0.375. The molecule has 0 aliphatic rings. The summed E-state index contributed by atoms with van der Waals surface area (Å²) in [5.41, 5.74) is -3.89. The number of pyridine rings is 1. The molecular weight excluding hydrogens is 294 g/mol. The first-order valence-corrected chi connectivity index (χ1v) is 4.27. The quantitative estimate of drug-likeness (QED) is 0.847. The first kappa shape index (κ1) is 15.2. The van der Waals surface area contributed by atoms with Crippen molar-refractivity contribution < 1.29 is 45.0 Å². The number of rotatable bonds is 2. The van der Waals surface area contributed by atoms with Gasteiger partial charge >= 0.3 is 12.5 Å². The lowest BCUT2D eigenvalue weighted by molar-refractivity contribution is -0.275. The predicted octanol–water partition coefficient (Wildman–Crippen LogP) is 3.64. The van der Waals surface area contributed by atoms with E-state index in [2.05, 4.69) is 9.72 Å². The van der Waals surface area contributed by atoms with Gasteiger partial charge in [0.05, 0.1) is 0 Å². The van der Waals surface area contributed by atoms with E-state index in [1.54, 1.807) is 0 Å². The first-order valence-electron chi connectivity index (χ1n) is 4.27. The Kier molecular flexibility index (Phi) is 3.77. The van der Waals surface area contributed by atoms with Crippen molar-refractivity contribution in [3.8, 4) is 11.5 Å². The number of alkyl halides is 8. The molecule has 0 spiro atoms. The van der Waals surface area contributed by atoms with Gasteiger partial charge in [-0.25, -0.2) is 13.8 Å². The van der Waals surface area contributed by atoms with Crippen LogP contribution in [0.4, 0.5) is 35.1 Å². The van der Waals surface area contributed by atoms with E-state index in [1.165, 1.54) is 0 Å². The number of halogens is 8. The Hall–Kier alpha value is -1.81. The minimum Gasteiger partial charge on any atom is -0.503 e. The molecule has 108 valence electrons. The zero-order valence-corrected chi connectivity index (χ0v) is 8.48. The van der Waals surface area contributed by atoms with Crippen LogP contribution in [0.1, 0.15) is 17.8 Å². The van der Waals surface area contributed by atoms with E-state index < -0.39 is 41.9 Å². The van der Waals surface area contributed by atoms with Gasteiger partial charge in [-0.3, -0.25) is 0 Å². The van der Waals surface area contributed by atoms with Gasteiger partial charge in [0, 0.05) is 6.07 Å². The van der Waals surface area contributed by atoms with Gasteiger partial charge in [-0.1, -0.05) is 0 Å². The molecule has 0 amide bonds. The lowest BCUT2D eigenvalue weighted by atomic mass is 10.2. The third-order valence-electron chi connectivity index (χ3n) is 1.71. The summed E-state index contributed by atoms with van der Waals surface area (Å²) in [6.45, 7) is 0. The van der Waals surface area contributed by atoms with Crippen LogP contribution in [0.25, 0.3) is 0 Å². The van der Waals surface area contributed by atoms with Crippen molar-refractivity contribution in [3.63, 3.8) is 0 Å². The molecule has 1 N–H and O–H groups in total. The fourth-order valence-corrected chi connectivity index (χ4v) is 1.03. The van der Waals surface area contributed by atoms with E-state index in [0.29, 0.717) is 0 Å². The molecular formula is C8H3F8NO2. The largest absolute Gasteiger partial charge is 0.573 e. The monoisotopic (exact) mass is 297 g/mol. The normalized spacial score (nSPS) is 12.9. The standard InChI is InChI=1S/C8H3F8NO2/c9-6(10)4-5(18)2(19-8(14,15)16)1-3(17-4)7(11,12)13/h1,6,18H. The Labute approximate surface area is 99.0 Å².